The number of nitrogens with zero attached hydrogens (tertiary/aromatic N) is 2. The van der Waals surface area contributed by atoms with E-state index in [9.17, 15) is 0 Å². The Kier molecular flexibility index (Phi) is 2.27. The summed E-state index contributed by atoms with van der Waals surface area (Å²) < 4.78 is 1.01. The van der Waals surface area contributed by atoms with Gasteiger partial charge in [0.1, 0.15) is 5.35 Å². The van der Waals surface area contributed by atoms with E-state index in [1.807, 2.05) is 13.0 Å². The van der Waals surface area contributed by atoms with Gasteiger partial charge in [0, 0.05) is 10.7 Å². The van der Waals surface area contributed by atoms with E-state index in [-0.39, 0.29) is 0 Å². The lowest BCUT2D eigenvalue weighted by molar-refractivity contribution is 1.04. The van der Waals surface area contributed by atoms with Crippen LogP contribution >= 0.6 is 15.9 Å². The Bertz CT molecular complexity index is 474. The molecular weight excluding hydrogens is 228 g/mol. The van der Waals surface area contributed by atoms with Crippen LogP contribution < -0.4 is 10.7 Å². The molecule has 2 nitrogen and oxygen atoms in total. The van der Waals surface area contributed by atoms with Gasteiger partial charge in [-0.1, -0.05) is 12.2 Å². The zero-order valence-electron chi connectivity index (χ0n) is 7.29. The van der Waals surface area contributed by atoms with Gasteiger partial charge in [0.2, 0.25) is 0 Å². The van der Waals surface area contributed by atoms with Gasteiger partial charge in [0.25, 0.3) is 0 Å². The fourth-order valence-electron chi connectivity index (χ4n) is 1.24. The minimum atomic E-state index is 0.917. The lowest BCUT2D eigenvalue weighted by Gasteiger charge is -1.93. The molecule has 0 spiro atoms. The van der Waals surface area contributed by atoms with Crippen molar-refractivity contribution in [3.05, 3.63) is 34.7 Å². The lowest BCUT2D eigenvalue weighted by Crippen LogP contribution is -2.32. The van der Waals surface area contributed by atoms with E-state index < -0.39 is 0 Å². The van der Waals surface area contributed by atoms with E-state index in [4.69, 9.17) is 0 Å². The van der Waals surface area contributed by atoms with Crippen LogP contribution in [0.4, 0.5) is 0 Å². The number of hydrogen-bond acceptors (Lipinski definition) is 2. The molecule has 1 aromatic rings. The Labute approximate surface area is 84.9 Å². The fraction of sp³-hybridized carbons (Fsp3) is 0.200. The molecule has 0 aliphatic heterocycles. The fourth-order valence-corrected chi connectivity index (χ4v) is 1.72. The second-order valence-corrected chi connectivity index (χ2v) is 3.79. The van der Waals surface area contributed by atoms with E-state index in [0.29, 0.717) is 0 Å². The monoisotopic (exact) mass is 236 g/mol. The number of fused-ring (bicyclic) bond motifs is 1. The first-order valence-electron chi connectivity index (χ1n) is 4.13. The SMILES string of the molecule is Cc1cnc2c(n1)=C(Br)C=CCC=2. The van der Waals surface area contributed by atoms with Crippen LogP contribution in [0.3, 0.4) is 0 Å². The van der Waals surface area contributed by atoms with Crippen molar-refractivity contribution in [3.8, 4) is 0 Å². The average Bonchev–Trinajstić information content (AvgIpc) is 2.29. The van der Waals surface area contributed by atoms with Crippen LogP contribution in [0.2, 0.25) is 0 Å². The molecule has 1 heterocycles. The van der Waals surface area contributed by atoms with Crippen LogP contribution in [0.1, 0.15) is 12.1 Å². The zero-order chi connectivity index (χ0) is 9.26. The standard InChI is InChI=1S/C10H9BrN2/c1-7-6-12-9-5-3-2-4-8(11)10(9)13-7/h2,4-6H,3H2,1H3. The van der Waals surface area contributed by atoms with E-state index >= 15 is 0 Å². The van der Waals surface area contributed by atoms with Gasteiger partial charge in [-0.05, 0) is 35.4 Å². The molecule has 0 saturated carbocycles. The third-order valence-electron chi connectivity index (χ3n) is 1.86. The molecule has 0 amide bonds. The highest BCUT2D eigenvalue weighted by molar-refractivity contribution is 9.15. The van der Waals surface area contributed by atoms with E-state index in [0.717, 1.165) is 27.3 Å². The van der Waals surface area contributed by atoms with Gasteiger partial charge in [-0.2, -0.15) is 0 Å². The van der Waals surface area contributed by atoms with Crippen molar-refractivity contribution in [3.63, 3.8) is 0 Å². The zero-order valence-corrected chi connectivity index (χ0v) is 8.87. The Morgan fingerprint density at radius 1 is 1.46 bits per heavy atom. The first-order valence-corrected chi connectivity index (χ1v) is 4.93. The van der Waals surface area contributed by atoms with Gasteiger partial charge in [-0.25, -0.2) is 4.98 Å². The molecule has 1 aromatic heterocycles. The van der Waals surface area contributed by atoms with Crippen molar-refractivity contribution in [2.45, 2.75) is 13.3 Å². The highest BCUT2D eigenvalue weighted by Crippen LogP contribution is 2.06. The molecule has 0 bridgehead atoms. The summed E-state index contributed by atoms with van der Waals surface area (Å²) in [5, 5.41) is 1.90. The lowest BCUT2D eigenvalue weighted by atomic mass is 10.4. The van der Waals surface area contributed by atoms with Crippen molar-refractivity contribution >= 4 is 26.5 Å². The molecule has 0 unspecified atom stereocenters. The minimum absolute atomic E-state index is 0.917. The maximum Gasteiger partial charge on any atom is 0.103 e. The van der Waals surface area contributed by atoms with Crippen LogP contribution in [0.15, 0.2) is 18.3 Å². The number of aryl methyl sites for hydroxylation is 1. The summed E-state index contributed by atoms with van der Waals surface area (Å²) >= 11 is 3.48. The van der Waals surface area contributed by atoms with Gasteiger partial charge >= 0.3 is 0 Å². The summed E-state index contributed by atoms with van der Waals surface area (Å²) in [7, 11) is 0. The Hall–Kier alpha value is -0.960. The maximum absolute atomic E-state index is 4.43. The first kappa shape index (κ1) is 8.63. The molecule has 0 N–H and O–H groups in total. The third-order valence-corrected chi connectivity index (χ3v) is 2.50. The van der Waals surface area contributed by atoms with E-state index in [2.05, 4.69) is 38.0 Å². The second-order valence-electron chi connectivity index (χ2n) is 2.94. The highest BCUT2D eigenvalue weighted by atomic mass is 79.9. The normalized spacial score (nSPS) is 14.8. The van der Waals surface area contributed by atoms with Gasteiger partial charge in [-0.15, -0.1) is 0 Å². The largest absolute Gasteiger partial charge is 0.253 e. The number of allylic oxidation sites excluding steroid dienone is 2. The molecule has 1 aliphatic carbocycles. The molecular formula is C10H9BrN2. The van der Waals surface area contributed by atoms with Crippen molar-refractivity contribution < 1.29 is 0 Å². The Balaban J connectivity index is 2.88. The van der Waals surface area contributed by atoms with Crippen molar-refractivity contribution in [1.29, 1.82) is 0 Å². The molecule has 13 heavy (non-hydrogen) atoms. The highest BCUT2D eigenvalue weighted by Gasteiger charge is 1.97. The first-order chi connectivity index (χ1) is 6.27. The molecule has 1 aliphatic rings. The van der Waals surface area contributed by atoms with Crippen LogP contribution in [0.25, 0.3) is 10.6 Å². The van der Waals surface area contributed by atoms with Crippen LogP contribution in [0.5, 0.6) is 0 Å². The van der Waals surface area contributed by atoms with Crippen molar-refractivity contribution in [1.82, 2.24) is 9.97 Å². The predicted molar refractivity (Wildman–Crippen MR) is 56.6 cm³/mol. The maximum atomic E-state index is 4.43. The summed E-state index contributed by atoms with van der Waals surface area (Å²) in [6.07, 6.45) is 8.90. The minimum Gasteiger partial charge on any atom is -0.253 e. The van der Waals surface area contributed by atoms with Gasteiger partial charge in [0.05, 0.1) is 11.0 Å². The Morgan fingerprint density at radius 3 is 3.15 bits per heavy atom. The summed E-state index contributed by atoms with van der Waals surface area (Å²) in [4.78, 5) is 8.75. The summed E-state index contributed by atoms with van der Waals surface area (Å²) in [5.41, 5.74) is 0.944. The van der Waals surface area contributed by atoms with Gasteiger partial charge in [-0.3, -0.25) is 4.98 Å². The molecule has 0 aromatic carbocycles. The summed E-state index contributed by atoms with van der Waals surface area (Å²) in [5.74, 6) is 0. The molecule has 0 atom stereocenters. The molecule has 0 saturated heterocycles. The van der Waals surface area contributed by atoms with Crippen molar-refractivity contribution in [2.75, 3.05) is 0 Å². The van der Waals surface area contributed by atoms with Crippen LogP contribution in [0, 0.1) is 6.92 Å². The Morgan fingerprint density at radius 2 is 2.31 bits per heavy atom. The second kappa shape index (κ2) is 3.42. The number of aromatic nitrogens is 2. The molecule has 66 valence electrons. The van der Waals surface area contributed by atoms with Crippen molar-refractivity contribution in [2.24, 2.45) is 0 Å². The predicted octanol–water partition coefficient (Wildman–Crippen LogP) is 1.03. The molecule has 3 heteroatoms. The van der Waals surface area contributed by atoms with Crippen LogP contribution in [-0.4, -0.2) is 9.97 Å². The molecule has 2 rings (SSSR count). The van der Waals surface area contributed by atoms with Crippen LogP contribution in [-0.2, 0) is 0 Å². The molecule has 0 fully saturated rings. The summed E-state index contributed by atoms with van der Waals surface area (Å²) in [6.45, 7) is 1.95. The van der Waals surface area contributed by atoms with E-state index in [1.165, 1.54) is 0 Å². The average molecular weight is 237 g/mol. The smallest absolute Gasteiger partial charge is 0.103 e. The number of halogens is 1. The quantitative estimate of drug-likeness (QED) is 0.673. The summed E-state index contributed by atoms with van der Waals surface area (Å²) in [6, 6.07) is 0. The third kappa shape index (κ3) is 1.70. The number of hydrogen-bond donors (Lipinski definition) is 0. The van der Waals surface area contributed by atoms with Gasteiger partial charge < -0.3 is 0 Å². The topological polar surface area (TPSA) is 25.8 Å². The number of rotatable bonds is 0. The molecule has 0 radical (unpaired) electrons. The van der Waals surface area contributed by atoms with Gasteiger partial charge in [0.15, 0.2) is 0 Å². The van der Waals surface area contributed by atoms with E-state index in [1.54, 1.807) is 6.20 Å².